The van der Waals surface area contributed by atoms with Crippen molar-refractivity contribution in [3.63, 3.8) is 0 Å². The number of rotatable bonds is 8. The molecule has 0 saturated heterocycles. The molecule has 28 heavy (non-hydrogen) atoms. The van der Waals surface area contributed by atoms with Gasteiger partial charge in [0.2, 0.25) is 0 Å². The number of aliphatic hydroxyl groups excluding tert-OH is 1. The molecule has 0 spiro atoms. The third-order valence-electron chi connectivity index (χ3n) is 4.02. The van der Waals surface area contributed by atoms with Gasteiger partial charge in [-0.05, 0) is 17.5 Å². The van der Waals surface area contributed by atoms with Crippen molar-refractivity contribution in [2.24, 2.45) is 0 Å². The second-order valence-electron chi connectivity index (χ2n) is 6.21. The van der Waals surface area contributed by atoms with Crippen LogP contribution in [0.3, 0.4) is 0 Å². The van der Waals surface area contributed by atoms with Crippen LogP contribution in [0.25, 0.3) is 0 Å². The minimum Gasteiger partial charge on any atom is -0.443 e. The molecule has 7 nitrogen and oxygen atoms in total. The molecule has 2 N–H and O–H groups in total. The number of carbonyl (C=O) groups is 2. The zero-order valence-electron chi connectivity index (χ0n) is 15.9. The molecule has 150 valence electrons. The van der Waals surface area contributed by atoms with E-state index in [2.05, 4.69) is 5.43 Å². The fourth-order valence-corrected chi connectivity index (χ4v) is 2.56. The first-order valence-corrected chi connectivity index (χ1v) is 9.22. The number of hydrazine groups is 1. The van der Waals surface area contributed by atoms with Crippen LogP contribution in [0.1, 0.15) is 30.9 Å². The molecular weight excluding hydrogens is 360 g/mol. The third kappa shape index (κ3) is 6.92. The van der Waals surface area contributed by atoms with E-state index in [-0.39, 0.29) is 19.8 Å². The van der Waals surface area contributed by atoms with Gasteiger partial charge in [0.15, 0.2) is 0 Å². The molecule has 0 unspecified atom stereocenters. The molecule has 2 amide bonds. The van der Waals surface area contributed by atoms with Crippen molar-refractivity contribution >= 4 is 12.2 Å². The molecule has 0 fully saturated rings. The fourth-order valence-electron chi connectivity index (χ4n) is 2.56. The molecule has 1 atom stereocenters. The summed E-state index contributed by atoms with van der Waals surface area (Å²) >= 11 is 0. The lowest BCUT2D eigenvalue weighted by Gasteiger charge is -2.29. The standard InChI is InChI=1S/C21H26N2O5/c1-2-9-19(14-24)23(21(26)28-16-18-12-7-4-8-13-18)22-20(25)27-15-17-10-5-3-6-11-17/h3-8,10-13,19,24H,2,9,14-16H2,1H3,(H,22,25)/t19-/m1/s1. The Labute approximate surface area is 164 Å². The minimum atomic E-state index is -0.796. The number of hydrogen-bond acceptors (Lipinski definition) is 5. The molecule has 0 aromatic heterocycles. The van der Waals surface area contributed by atoms with Crippen LogP contribution in [0.5, 0.6) is 0 Å². The van der Waals surface area contributed by atoms with E-state index in [1.54, 1.807) is 0 Å². The van der Waals surface area contributed by atoms with Crippen LogP contribution in [0.15, 0.2) is 60.7 Å². The van der Waals surface area contributed by atoms with Crippen molar-refractivity contribution in [3.05, 3.63) is 71.8 Å². The monoisotopic (exact) mass is 386 g/mol. The zero-order valence-corrected chi connectivity index (χ0v) is 15.9. The second kappa shape index (κ2) is 11.6. The Morgan fingerprint density at radius 1 is 0.964 bits per heavy atom. The number of nitrogens with one attached hydrogen (secondary N) is 1. The maximum atomic E-state index is 12.5. The van der Waals surface area contributed by atoms with Gasteiger partial charge in [-0.25, -0.2) is 20.0 Å². The molecule has 7 heteroatoms. The number of nitrogens with zero attached hydrogens (tertiary/aromatic N) is 1. The first-order valence-electron chi connectivity index (χ1n) is 9.22. The number of ether oxygens (including phenoxy) is 2. The third-order valence-corrected chi connectivity index (χ3v) is 4.02. The molecule has 0 aliphatic carbocycles. The Hall–Kier alpha value is -3.06. The highest BCUT2D eigenvalue weighted by Gasteiger charge is 2.26. The highest BCUT2D eigenvalue weighted by Crippen LogP contribution is 2.09. The van der Waals surface area contributed by atoms with E-state index in [1.165, 1.54) is 0 Å². The average Bonchev–Trinajstić information content (AvgIpc) is 2.74. The van der Waals surface area contributed by atoms with Crippen LogP contribution in [-0.2, 0) is 22.7 Å². The van der Waals surface area contributed by atoms with Crippen LogP contribution in [0.2, 0.25) is 0 Å². The van der Waals surface area contributed by atoms with E-state index in [1.807, 2.05) is 67.6 Å². The van der Waals surface area contributed by atoms with Gasteiger partial charge >= 0.3 is 12.2 Å². The molecule has 0 radical (unpaired) electrons. The maximum Gasteiger partial charge on any atom is 0.429 e. The lowest BCUT2D eigenvalue weighted by Crippen LogP contribution is -2.53. The van der Waals surface area contributed by atoms with Crippen LogP contribution in [0, 0.1) is 0 Å². The Balaban J connectivity index is 1.97. The number of hydrogen-bond donors (Lipinski definition) is 2. The van der Waals surface area contributed by atoms with Gasteiger partial charge < -0.3 is 14.6 Å². The predicted octanol–water partition coefficient (Wildman–Crippen LogP) is 3.63. The van der Waals surface area contributed by atoms with E-state index in [0.29, 0.717) is 12.8 Å². The van der Waals surface area contributed by atoms with E-state index in [0.717, 1.165) is 16.1 Å². The summed E-state index contributed by atoms with van der Waals surface area (Å²) in [6.07, 6.45) is -0.340. The van der Waals surface area contributed by atoms with Crippen molar-refractivity contribution in [1.82, 2.24) is 10.4 Å². The summed E-state index contributed by atoms with van der Waals surface area (Å²) in [5.41, 5.74) is 4.04. The summed E-state index contributed by atoms with van der Waals surface area (Å²) in [6.45, 7) is 1.73. The van der Waals surface area contributed by atoms with Gasteiger partial charge in [0.25, 0.3) is 0 Å². The summed E-state index contributed by atoms with van der Waals surface area (Å²) in [5.74, 6) is 0. The highest BCUT2D eigenvalue weighted by molar-refractivity contribution is 5.74. The van der Waals surface area contributed by atoms with E-state index in [9.17, 15) is 14.7 Å². The van der Waals surface area contributed by atoms with Gasteiger partial charge in [0.1, 0.15) is 13.2 Å². The second-order valence-corrected chi connectivity index (χ2v) is 6.21. The Bertz CT molecular complexity index is 724. The van der Waals surface area contributed by atoms with E-state index in [4.69, 9.17) is 9.47 Å². The molecule has 2 aromatic carbocycles. The fraction of sp³-hybridized carbons (Fsp3) is 0.333. The van der Waals surface area contributed by atoms with Crippen LogP contribution < -0.4 is 5.43 Å². The van der Waals surface area contributed by atoms with Crippen molar-refractivity contribution in [2.75, 3.05) is 6.61 Å². The average molecular weight is 386 g/mol. The molecule has 0 aliphatic heterocycles. The smallest absolute Gasteiger partial charge is 0.429 e. The van der Waals surface area contributed by atoms with Crippen molar-refractivity contribution in [1.29, 1.82) is 0 Å². The molecular formula is C21H26N2O5. The Morgan fingerprint density at radius 2 is 1.50 bits per heavy atom. The molecule has 2 rings (SSSR count). The molecule has 0 aliphatic rings. The van der Waals surface area contributed by atoms with E-state index >= 15 is 0 Å². The van der Waals surface area contributed by atoms with Gasteiger partial charge in [0, 0.05) is 0 Å². The quantitative estimate of drug-likeness (QED) is 0.677. The normalized spacial score (nSPS) is 11.4. The number of carbonyl (C=O) groups excluding carboxylic acids is 2. The summed E-state index contributed by atoms with van der Waals surface area (Å²) in [5, 5.41) is 10.6. The first-order chi connectivity index (χ1) is 13.6. The van der Waals surface area contributed by atoms with Gasteiger partial charge in [-0.1, -0.05) is 74.0 Å². The summed E-state index contributed by atoms with van der Waals surface area (Å²) in [4.78, 5) is 24.7. The van der Waals surface area contributed by atoms with Crippen molar-refractivity contribution in [3.8, 4) is 0 Å². The topological polar surface area (TPSA) is 88.1 Å². The largest absolute Gasteiger partial charge is 0.443 e. The Kier molecular flexibility index (Phi) is 8.81. The van der Waals surface area contributed by atoms with Crippen LogP contribution in [-0.4, -0.2) is 35.0 Å². The zero-order chi connectivity index (χ0) is 20.2. The lowest BCUT2D eigenvalue weighted by atomic mass is 10.2. The number of amides is 2. The number of benzene rings is 2. The van der Waals surface area contributed by atoms with Crippen molar-refractivity contribution < 1.29 is 24.2 Å². The summed E-state index contributed by atoms with van der Waals surface area (Å²) < 4.78 is 10.5. The number of aliphatic hydroxyl groups is 1. The van der Waals surface area contributed by atoms with Gasteiger partial charge in [-0.3, -0.25) is 0 Å². The SMILES string of the molecule is CCC[C@H](CO)N(NC(=O)OCc1ccccc1)C(=O)OCc1ccccc1. The van der Waals surface area contributed by atoms with Crippen LogP contribution in [0.4, 0.5) is 9.59 Å². The lowest BCUT2D eigenvalue weighted by molar-refractivity contribution is 0.0298. The minimum absolute atomic E-state index is 0.0567. The molecule has 0 bridgehead atoms. The molecule has 0 saturated carbocycles. The summed E-state index contributed by atoms with van der Waals surface area (Å²) in [7, 11) is 0. The molecule has 2 aromatic rings. The highest BCUT2D eigenvalue weighted by atomic mass is 16.6. The van der Waals surface area contributed by atoms with Gasteiger partial charge in [-0.15, -0.1) is 0 Å². The summed E-state index contributed by atoms with van der Waals surface area (Å²) in [6, 6.07) is 17.8. The first kappa shape index (κ1) is 21.2. The van der Waals surface area contributed by atoms with Gasteiger partial charge in [-0.2, -0.15) is 0 Å². The Morgan fingerprint density at radius 3 is 2.00 bits per heavy atom. The van der Waals surface area contributed by atoms with Crippen molar-refractivity contribution in [2.45, 2.75) is 39.0 Å². The van der Waals surface area contributed by atoms with E-state index < -0.39 is 18.2 Å². The molecule has 0 heterocycles. The predicted molar refractivity (Wildman–Crippen MR) is 104 cm³/mol. The maximum absolute atomic E-state index is 12.5. The van der Waals surface area contributed by atoms with Gasteiger partial charge in [0.05, 0.1) is 12.6 Å². The van der Waals surface area contributed by atoms with Crippen LogP contribution >= 0.6 is 0 Å².